The summed E-state index contributed by atoms with van der Waals surface area (Å²) in [6.07, 6.45) is 2.80. The minimum absolute atomic E-state index is 0.0661. The van der Waals surface area contributed by atoms with E-state index in [1.54, 1.807) is 11.8 Å². The van der Waals surface area contributed by atoms with Crippen LogP contribution in [0, 0.1) is 5.41 Å². The van der Waals surface area contributed by atoms with E-state index in [1.165, 1.54) is 0 Å². The first-order valence-corrected chi connectivity index (χ1v) is 7.43. The number of nitrogens with zero attached hydrogens (tertiary/aromatic N) is 1. The molecule has 0 aromatic heterocycles. The Labute approximate surface area is 122 Å². The third kappa shape index (κ3) is 3.79. The van der Waals surface area contributed by atoms with Crippen LogP contribution in [0.3, 0.4) is 0 Å². The Hall–Kier alpha value is -0.880. The van der Waals surface area contributed by atoms with E-state index in [1.807, 2.05) is 0 Å². The van der Waals surface area contributed by atoms with Gasteiger partial charge in [-0.05, 0) is 28.8 Å². The molecule has 0 bridgehead atoms. The Morgan fingerprint density at radius 3 is 2.74 bits per heavy atom. The highest BCUT2D eigenvalue weighted by Crippen LogP contribution is 2.21. The summed E-state index contributed by atoms with van der Waals surface area (Å²) in [4.78, 5) is 13.2. The van der Waals surface area contributed by atoms with Crippen LogP contribution >= 0.6 is 15.9 Å². The third-order valence-corrected chi connectivity index (χ3v) is 4.13. The molecule has 0 spiro atoms. The fourth-order valence-electron chi connectivity index (χ4n) is 2.48. The lowest BCUT2D eigenvalue weighted by Crippen LogP contribution is -2.42. The van der Waals surface area contributed by atoms with Gasteiger partial charge in [-0.3, -0.25) is 10.2 Å². The summed E-state index contributed by atoms with van der Waals surface area (Å²) in [6.45, 7) is 4.42. The SMILES string of the molecule is CC(=O)N1CCC(NC2CCOCC2)=C(C(=N)Br)C1. The molecule has 0 aromatic rings. The van der Waals surface area contributed by atoms with Crippen molar-refractivity contribution in [3.63, 3.8) is 0 Å². The second-order valence-corrected chi connectivity index (χ2v) is 5.79. The second-order valence-electron chi connectivity index (χ2n) is 4.99. The van der Waals surface area contributed by atoms with Crippen molar-refractivity contribution in [2.75, 3.05) is 26.3 Å². The number of nitrogens with one attached hydrogen (secondary N) is 2. The van der Waals surface area contributed by atoms with E-state index >= 15 is 0 Å². The number of hydrogen-bond donors (Lipinski definition) is 2. The third-order valence-electron chi connectivity index (χ3n) is 3.65. The van der Waals surface area contributed by atoms with E-state index in [2.05, 4.69) is 21.2 Å². The molecule has 0 saturated carbocycles. The minimum atomic E-state index is 0.0661. The molecular formula is C13H20BrN3O2. The van der Waals surface area contributed by atoms with E-state index in [0.717, 1.165) is 50.3 Å². The van der Waals surface area contributed by atoms with Crippen LogP contribution in [0.25, 0.3) is 0 Å². The maximum absolute atomic E-state index is 11.4. The predicted octanol–water partition coefficient (Wildman–Crippen LogP) is 1.63. The molecule has 2 N–H and O–H groups in total. The molecular weight excluding hydrogens is 310 g/mol. The fourth-order valence-corrected chi connectivity index (χ4v) is 2.85. The summed E-state index contributed by atoms with van der Waals surface area (Å²) in [7, 11) is 0. The summed E-state index contributed by atoms with van der Waals surface area (Å²) in [5.41, 5.74) is 2.00. The van der Waals surface area contributed by atoms with E-state index in [9.17, 15) is 4.79 Å². The van der Waals surface area contributed by atoms with Crippen molar-refractivity contribution in [2.24, 2.45) is 0 Å². The lowest BCUT2D eigenvalue weighted by atomic mass is 10.0. The van der Waals surface area contributed by atoms with Crippen molar-refractivity contribution in [1.82, 2.24) is 10.2 Å². The molecule has 0 radical (unpaired) electrons. The highest BCUT2D eigenvalue weighted by Gasteiger charge is 2.24. The summed E-state index contributed by atoms with van der Waals surface area (Å²) < 4.78 is 5.72. The Morgan fingerprint density at radius 2 is 2.16 bits per heavy atom. The molecule has 2 aliphatic rings. The first kappa shape index (κ1) is 14.5. The second kappa shape index (κ2) is 6.52. The van der Waals surface area contributed by atoms with Gasteiger partial charge in [-0.2, -0.15) is 0 Å². The predicted molar refractivity (Wildman–Crippen MR) is 77.5 cm³/mol. The van der Waals surface area contributed by atoms with Gasteiger partial charge in [0.1, 0.15) is 4.62 Å². The van der Waals surface area contributed by atoms with Crippen molar-refractivity contribution in [3.8, 4) is 0 Å². The van der Waals surface area contributed by atoms with Gasteiger partial charge in [0.05, 0.1) is 0 Å². The minimum Gasteiger partial charge on any atom is -0.385 e. The largest absolute Gasteiger partial charge is 0.385 e. The topological polar surface area (TPSA) is 65.4 Å². The van der Waals surface area contributed by atoms with Gasteiger partial charge >= 0.3 is 0 Å². The molecule has 106 valence electrons. The Bertz CT molecular complexity index is 403. The summed E-state index contributed by atoms with van der Waals surface area (Å²) in [6, 6.07) is 0.425. The van der Waals surface area contributed by atoms with Gasteiger partial charge in [-0.1, -0.05) is 0 Å². The van der Waals surface area contributed by atoms with E-state index in [0.29, 0.717) is 17.2 Å². The lowest BCUT2D eigenvalue weighted by molar-refractivity contribution is -0.128. The van der Waals surface area contributed by atoms with Crippen LogP contribution in [0.4, 0.5) is 0 Å². The van der Waals surface area contributed by atoms with E-state index in [4.69, 9.17) is 10.1 Å². The Morgan fingerprint density at radius 1 is 1.47 bits per heavy atom. The monoisotopic (exact) mass is 329 g/mol. The molecule has 0 aromatic carbocycles. The highest BCUT2D eigenvalue weighted by molar-refractivity contribution is 9.18. The van der Waals surface area contributed by atoms with Crippen LogP contribution < -0.4 is 5.32 Å². The first-order chi connectivity index (χ1) is 9.08. The average molecular weight is 330 g/mol. The number of halogens is 1. The van der Waals surface area contributed by atoms with Gasteiger partial charge in [-0.15, -0.1) is 0 Å². The number of hydrogen-bond acceptors (Lipinski definition) is 4. The molecule has 6 heteroatoms. The molecule has 2 heterocycles. The average Bonchev–Trinajstić information content (AvgIpc) is 2.39. The highest BCUT2D eigenvalue weighted by atomic mass is 79.9. The first-order valence-electron chi connectivity index (χ1n) is 6.64. The maximum atomic E-state index is 11.4. The Balaban J connectivity index is 2.08. The smallest absolute Gasteiger partial charge is 0.219 e. The summed E-state index contributed by atoms with van der Waals surface area (Å²) in [5, 5.41) is 11.4. The van der Waals surface area contributed by atoms with Gasteiger partial charge < -0.3 is 15.0 Å². The quantitative estimate of drug-likeness (QED) is 0.773. The normalized spacial score (nSPS) is 21.5. The zero-order valence-electron chi connectivity index (χ0n) is 11.2. The lowest BCUT2D eigenvalue weighted by Gasteiger charge is -2.33. The fraction of sp³-hybridized carbons (Fsp3) is 0.692. The van der Waals surface area contributed by atoms with Crippen LogP contribution in [0.5, 0.6) is 0 Å². The number of carbonyl (C=O) groups excluding carboxylic acids is 1. The molecule has 19 heavy (non-hydrogen) atoms. The van der Waals surface area contributed by atoms with Crippen LogP contribution in [0.15, 0.2) is 11.3 Å². The van der Waals surface area contributed by atoms with Crippen molar-refractivity contribution < 1.29 is 9.53 Å². The van der Waals surface area contributed by atoms with Crippen molar-refractivity contribution in [1.29, 1.82) is 5.41 Å². The van der Waals surface area contributed by atoms with Crippen LogP contribution in [0.1, 0.15) is 26.2 Å². The molecule has 0 unspecified atom stereocenters. The number of carbonyl (C=O) groups is 1. The summed E-state index contributed by atoms with van der Waals surface area (Å²) >= 11 is 3.24. The maximum Gasteiger partial charge on any atom is 0.219 e. The molecule has 2 aliphatic heterocycles. The molecule has 2 rings (SSSR count). The molecule has 0 aliphatic carbocycles. The summed E-state index contributed by atoms with van der Waals surface area (Å²) in [5.74, 6) is 0.0661. The zero-order valence-corrected chi connectivity index (χ0v) is 12.8. The van der Waals surface area contributed by atoms with Gasteiger partial charge in [-0.25, -0.2) is 0 Å². The van der Waals surface area contributed by atoms with Gasteiger partial charge in [0.2, 0.25) is 5.91 Å². The van der Waals surface area contributed by atoms with E-state index in [-0.39, 0.29) is 5.91 Å². The van der Waals surface area contributed by atoms with Crippen molar-refractivity contribution in [3.05, 3.63) is 11.3 Å². The van der Waals surface area contributed by atoms with Crippen molar-refractivity contribution >= 4 is 26.5 Å². The number of ether oxygens (including phenoxy) is 1. The van der Waals surface area contributed by atoms with Gasteiger partial charge in [0, 0.05) is 57.0 Å². The number of rotatable bonds is 3. The van der Waals surface area contributed by atoms with E-state index < -0.39 is 0 Å². The van der Waals surface area contributed by atoms with Crippen molar-refractivity contribution in [2.45, 2.75) is 32.2 Å². The van der Waals surface area contributed by atoms with Crippen LogP contribution in [0.2, 0.25) is 0 Å². The van der Waals surface area contributed by atoms with Gasteiger partial charge in [0.25, 0.3) is 0 Å². The Kier molecular flexibility index (Phi) is 4.99. The molecule has 1 amide bonds. The van der Waals surface area contributed by atoms with Crippen LogP contribution in [-0.2, 0) is 9.53 Å². The zero-order chi connectivity index (χ0) is 13.8. The standard InChI is InChI=1S/C13H20BrN3O2/c1-9(18)17-5-2-12(11(8-17)13(14)15)16-10-3-6-19-7-4-10/h10,15-16H,2-8H2,1H3. The molecule has 5 nitrogen and oxygen atoms in total. The molecule has 1 fully saturated rings. The van der Waals surface area contributed by atoms with Gasteiger partial charge in [0.15, 0.2) is 0 Å². The van der Waals surface area contributed by atoms with Crippen LogP contribution in [-0.4, -0.2) is 47.8 Å². The number of amides is 1. The molecule has 0 atom stereocenters. The molecule has 1 saturated heterocycles.